The first-order valence-electron chi connectivity index (χ1n) is 8.12. The maximum absolute atomic E-state index is 12.2. The predicted molar refractivity (Wildman–Crippen MR) is 94.2 cm³/mol. The van der Waals surface area contributed by atoms with Crippen molar-refractivity contribution in [1.29, 1.82) is 0 Å². The van der Waals surface area contributed by atoms with E-state index in [4.69, 9.17) is 0 Å². The molecule has 0 aliphatic carbocycles. The molecule has 4 N–H and O–H groups in total. The van der Waals surface area contributed by atoms with E-state index in [0.717, 1.165) is 5.56 Å². The Kier molecular flexibility index (Phi) is 7.76. The Balaban J connectivity index is 0.000000597. The Bertz CT molecular complexity index is 672. The average molecular weight is 368 g/mol. The second kappa shape index (κ2) is 9.33. The number of nitrogens with one attached hydrogen (secondary N) is 1. The van der Waals surface area contributed by atoms with Crippen LogP contribution in [0.1, 0.15) is 42.3 Å². The molecule has 2 aromatic rings. The van der Waals surface area contributed by atoms with Crippen LogP contribution in [0.25, 0.3) is 0 Å². The first kappa shape index (κ1) is 21.6. The molecule has 0 fully saturated rings. The van der Waals surface area contributed by atoms with Gasteiger partial charge in [0.2, 0.25) is 0 Å². The number of nitrogens with zero attached hydrogens (tertiary/aromatic N) is 1. The predicted octanol–water partition coefficient (Wildman–Crippen LogP) is 3.14. The minimum Gasteiger partial charge on any atom is -0.353 e. The molecule has 0 atom stereocenters. The van der Waals surface area contributed by atoms with Gasteiger partial charge in [0.1, 0.15) is 0 Å². The summed E-state index contributed by atoms with van der Waals surface area (Å²) in [6, 6.07) is 9.16. The van der Waals surface area contributed by atoms with E-state index in [1.54, 1.807) is 24.3 Å². The zero-order valence-electron chi connectivity index (χ0n) is 15.2. The Hall–Kier alpha value is -2.41. The number of alkyl halides is 3. The van der Waals surface area contributed by atoms with E-state index in [1.807, 2.05) is 0 Å². The van der Waals surface area contributed by atoms with Gasteiger partial charge in [0.25, 0.3) is 5.91 Å². The lowest BCUT2D eigenvalue weighted by Gasteiger charge is -2.08. The standard InChI is InChI=1S/C15H13F3N2O.C4H11N/c16-15(17,18)9-11-1-3-12(4-2-11)10-20-14(21)13-5-7-19-8-6-13;1-4(2,3)5/h1-8H,9-10H2,(H,20,21);5H2,1-3H3/p+1. The molecule has 0 saturated heterocycles. The highest BCUT2D eigenvalue weighted by Gasteiger charge is 2.27. The highest BCUT2D eigenvalue weighted by atomic mass is 19.4. The third-order valence-corrected chi connectivity index (χ3v) is 2.82. The number of hydrogen-bond acceptors (Lipinski definition) is 2. The van der Waals surface area contributed by atoms with E-state index in [-0.39, 0.29) is 23.6 Å². The van der Waals surface area contributed by atoms with Crippen molar-refractivity contribution in [3.8, 4) is 0 Å². The van der Waals surface area contributed by atoms with E-state index in [2.05, 4.69) is 36.8 Å². The molecule has 0 aliphatic heterocycles. The van der Waals surface area contributed by atoms with Crippen LogP contribution >= 0.6 is 0 Å². The summed E-state index contributed by atoms with van der Waals surface area (Å²) in [4.78, 5) is 15.6. The molecule has 0 aliphatic rings. The first-order chi connectivity index (χ1) is 11.9. The lowest BCUT2D eigenvalue weighted by atomic mass is 10.1. The number of quaternary nitrogens is 1. The van der Waals surface area contributed by atoms with Crippen molar-refractivity contribution in [3.05, 3.63) is 65.5 Å². The molecular formula is C19H25F3N3O+. The van der Waals surface area contributed by atoms with Crippen LogP contribution in [-0.4, -0.2) is 22.6 Å². The third kappa shape index (κ3) is 10.5. The Morgan fingerprint density at radius 2 is 1.46 bits per heavy atom. The van der Waals surface area contributed by atoms with Crippen LogP contribution in [0.15, 0.2) is 48.8 Å². The Labute approximate surface area is 151 Å². The van der Waals surface area contributed by atoms with Gasteiger partial charge in [0, 0.05) is 24.5 Å². The molecule has 0 spiro atoms. The number of carbonyl (C=O) groups is 1. The number of carbonyl (C=O) groups excluding carboxylic acids is 1. The molecule has 1 amide bonds. The van der Waals surface area contributed by atoms with Crippen molar-refractivity contribution in [3.63, 3.8) is 0 Å². The largest absolute Gasteiger partial charge is 0.393 e. The molecule has 0 bridgehead atoms. The number of hydrogen-bond donors (Lipinski definition) is 2. The second-order valence-corrected chi connectivity index (χ2v) is 7.09. The van der Waals surface area contributed by atoms with E-state index < -0.39 is 12.6 Å². The van der Waals surface area contributed by atoms with E-state index in [0.29, 0.717) is 5.56 Å². The van der Waals surface area contributed by atoms with Gasteiger partial charge in [-0.2, -0.15) is 13.2 Å². The van der Waals surface area contributed by atoms with Crippen molar-refractivity contribution in [1.82, 2.24) is 10.3 Å². The van der Waals surface area contributed by atoms with Crippen molar-refractivity contribution in [2.24, 2.45) is 0 Å². The molecule has 1 aromatic heterocycles. The number of amides is 1. The molecule has 7 heteroatoms. The summed E-state index contributed by atoms with van der Waals surface area (Å²) in [6.45, 7) is 6.49. The van der Waals surface area contributed by atoms with Gasteiger partial charge < -0.3 is 11.1 Å². The van der Waals surface area contributed by atoms with Crippen LogP contribution in [0.3, 0.4) is 0 Å². The normalized spacial score (nSPS) is 11.3. The van der Waals surface area contributed by atoms with Gasteiger partial charge in [-0.15, -0.1) is 0 Å². The van der Waals surface area contributed by atoms with Gasteiger partial charge in [-0.3, -0.25) is 9.78 Å². The van der Waals surface area contributed by atoms with Gasteiger partial charge >= 0.3 is 6.18 Å². The van der Waals surface area contributed by atoms with Crippen molar-refractivity contribution >= 4 is 5.91 Å². The van der Waals surface area contributed by atoms with E-state index in [1.165, 1.54) is 24.5 Å². The van der Waals surface area contributed by atoms with Crippen LogP contribution in [0, 0.1) is 0 Å². The fourth-order valence-corrected chi connectivity index (χ4v) is 1.79. The Morgan fingerprint density at radius 1 is 1.00 bits per heavy atom. The summed E-state index contributed by atoms with van der Waals surface area (Å²) in [5.74, 6) is -0.253. The lowest BCUT2D eigenvalue weighted by Crippen LogP contribution is -2.67. The third-order valence-electron chi connectivity index (χ3n) is 2.82. The summed E-state index contributed by atoms with van der Waals surface area (Å²) >= 11 is 0. The number of aromatic nitrogens is 1. The molecule has 0 saturated carbocycles. The number of rotatable bonds is 4. The number of benzene rings is 1. The lowest BCUT2D eigenvalue weighted by molar-refractivity contribution is -0.458. The highest BCUT2D eigenvalue weighted by molar-refractivity contribution is 5.93. The minimum atomic E-state index is -4.21. The first-order valence-corrected chi connectivity index (χ1v) is 8.12. The summed E-state index contributed by atoms with van der Waals surface area (Å²) in [5.41, 5.74) is 5.45. The zero-order valence-corrected chi connectivity index (χ0v) is 15.2. The molecule has 0 unspecified atom stereocenters. The van der Waals surface area contributed by atoms with Crippen molar-refractivity contribution in [2.75, 3.05) is 0 Å². The van der Waals surface area contributed by atoms with Crippen molar-refractivity contribution in [2.45, 2.75) is 45.5 Å². The quantitative estimate of drug-likeness (QED) is 0.870. The topological polar surface area (TPSA) is 69.6 Å². The molecule has 142 valence electrons. The van der Waals surface area contributed by atoms with Gasteiger partial charge in [0.05, 0.1) is 12.0 Å². The van der Waals surface area contributed by atoms with Crippen molar-refractivity contribution < 1.29 is 23.7 Å². The molecule has 2 rings (SSSR count). The van der Waals surface area contributed by atoms with Crippen LogP contribution in [0.4, 0.5) is 13.2 Å². The highest BCUT2D eigenvalue weighted by Crippen LogP contribution is 2.21. The van der Waals surface area contributed by atoms with Gasteiger partial charge in [0.15, 0.2) is 0 Å². The zero-order chi connectivity index (χ0) is 19.8. The fourth-order valence-electron chi connectivity index (χ4n) is 1.79. The van der Waals surface area contributed by atoms with Gasteiger partial charge in [-0.25, -0.2) is 0 Å². The van der Waals surface area contributed by atoms with E-state index >= 15 is 0 Å². The number of halogens is 3. The van der Waals surface area contributed by atoms with Gasteiger partial charge in [-0.05, 0) is 44.0 Å². The summed E-state index contributed by atoms with van der Waals surface area (Å²) in [5, 5.41) is 2.69. The summed E-state index contributed by atoms with van der Waals surface area (Å²) < 4.78 is 36.7. The van der Waals surface area contributed by atoms with E-state index in [9.17, 15) is 18.0 Å². The van der Waals surface area contributed by atoms with Crippen LogP contribution in [-0.2, 0) is 13.0 Å². The van der Waals surface area contributed by atoms with Crippen LogP contribution in [0.2, 0.25) is 0 Å². The van der Waals surface area contributed by atoms with Crippen LogP contribution < -0.4 is 11.1 Å². The monoisotopic (exact) mass is 368 g/mol. The fraction of sp³-hybridized carbons (Fsp3) is 0.368. The SMILES string of the molecule is CC(C)(C)[NH3+].O=C(NCc1ccc(CC(F)(F)F)cc1)c1ccncc1. The van der Waals surface area contributed by atoms with Gasteiger partial charge in [-0.1, -0.05) is 24.3 Å². The smallest absolute Gasteiger partial charge is 0.353 e. The second-order valence-electron chi connectivity index (χ2n) is 7.09. The molecule has 4 nitrogen and oxygen atoms in total. The average Bonchev–Trinajstić information content (AvgIpc) is 2.52. The molecule has 26 heavy (non-hydrogen) atoms. The van der Waals surface area contributed by atoms with Crippen LogP contribution in [0.5, 0.6) is 0 Å². The molecule has 1 heterocycles. The molecular weight excluding hydrogens is 343 g/mol. The molecule has 1 aromatic carbocycles. The maximum Gasteiger partial charge on any atom is 0.393 e. The molecule has 0 radical (unpaired) electrons. The minimum absolute atomic E-state index is 0.201. The Morgan fingerprint density at radius 3 is 1.92 bits per heavy atom. The summed E-state index contributed by atoms with van der Waals surface area (Å²) in [7, 11) is 0. The maximum atomic E-state index is 12.2. The summed E-state index contributed by atoms with van der Waals surface area (Å²) in [6.07, 6.45) is -2.13. The number of pyridine rings is 1.